The standard InChI is InChI=1S/C19H18N2O4/c1-3-24-16-9-8-13(10-17(16)23-2)12-20-21-19(22)18-11-14-6-4-5-7-15(14)25-18/h4-12H,3H2,1-2H3,(H,21,22)/b20-12+. The first-order valence-electron chi connectivity index (χ1n) is 7.84. The lowest BCUT2D eigenvalue weighted by molar-refractivity contribution is 0.0929. The second-order valence-corrected chi connectivity index (χ2v) is 5.19. The maximum atomic E-state index is 12.1. The number of para-hydroxylation sites is 1. The van der Waals surface area contributed by atoms with Gasteiger partial charge in [-0.05, 0) is 42.8 Å². The molecule has 0 saturated carbocycles. The minimum absolute atomic E-state index is 0.211. The number of hydrazone groups is 1. The molecule has 0 atom stereocenters. The molecule has 2 aromatic carbocycles. The van der Waals surface area contributed by atoms with Crippen LogP contribution in [0.4, 0.5) is 0 Å². The van der Waals surface area contributed by atoms with E-state index >= 15 is 0 Å². The highest BCUT2D eigenvalue weighted by Crippen LogP contribution is 2.27. The molecule has 6 heteroatoms. The quantitative estimate of drug-likeness (QED) is 0.550. The van der Waals surface area contributed by atoms with Crippen molar-refractivity contribution in [1.29, 1.82) is 0 Å². The Kier molecular flexibility index (Phi) is 4.99. The molecule has 0 saturated heterocycles. The zero-order valence-electron chi connectivity index (χ0n) is 14.0. The van der Waals surface area contributed by atoms with Crippen LogP contribution < -0.4 is 14.9 Å². The van der Waals surface area contributed by atoms with Gasteiger partial charge in [0.1, 0.15) is 5.58 Å². The normalized spacial score (nSPS) is 11.0. The average Bonchev–Trinajstić information content (AvgIpc) is 3.07. The highest BCUT2D eigenvalue weighted by Gasteiger charge is 2.11. The fourth-order valence-electron chi connectivity index (χ4n) is 2.35. The average molecular weight is 338 g/mol. The highest BCUT2D eigenvalue weighted by atomic mass is 16.5. The SMILES string of the molecule is CCOc1ccc(/C=N/NC(=O)c2cc3ccccc3o2)cc1OC. The Bertz CT molecular complexity index is 882. The van der Waals surface area contributed by atoms with E-state index in [0.717, 1.165) is 10.9 Å². The monoisotopic (exact) mass is 338 g/mol. The molecule has 3 rings (SSSR count). The second-order valence-electron chi connectivity index (χ2n) is 5.19. The summed E-state index contributed by atoms with van der Waals surface area (Å²) in [6.07, 6.45) is 1.53. The minimum Gasteiger partial charge on any atom is -0.493 e. The zero-order valence-corrected chi connectivity index (χ0v) is 14.0. The van der Waals surface area contributed by atoms with Gasteiger partial charge in [-0.25, -0.2) is 5.43 Å². The summed E-state index contributed by atoms with van der Waals surface area (Å²) in [6, 6.07) is 14.5. The van der Waals surface area contributed by atoms with Crippen molar-refractivity contribution in [3.8, 4) is 11.5 Å². The first-order valence-corrected chi connectivity index (χ1v) is 7.84. The molecule has 6 nitrogen and oxygen atoms in total. The van der Waals surface area contributed by atoms with Gasteiger partial charge in [-0.3, -0.25) is 4.79 Å². The number of rotatable bonds is 6. The molecule has 128 valence electrons. The molecular weight excluding hydrogens is 320 g/mol. The summed E-state index contributed by atoms with van der Waals surface area (Å²) in [7, 11) is 1.57. The van der Waals surface area contributed by atoms with E-state index < -0.39 is 5.91 Å². The number of nitrogens with zero attached hydrogens (tertiary/aromatic N) is 1. The molecule has 25 heavy (non-hydrogen) atoms. The smallest absolute Gasteiger partial charge is 0.307 e. The van der Waals surface area contributed by atoms with Crippen LogP contribution in [0.5, 0.6) is 11.5 Å². The molecule has 1 aromatic heterocycles. The van der Waals surface area contributed by atoms with Gasteiger partial charge in [0, 0.05) is 5.39 Å². The Morgan fingerprint density at radius 2 is 2.04 bits per heavy atom. The van der Waals surface area contributed by atoms with Crippen molar-refractivity contribution < 1.29 is 18.7 Å². The molecule has 0 fully saturated rings. The van der Waals surface area contributed by atoms with Crippen LogP contribution in [0.2, 0.25) is 0 Å². The minimum atomic E-state index is -0.412. The Morgan fingerprint density at radius 1 is 1.20 bits per heavy atom. The number of ether oxygens (including phenoxy) is 2. The van der Waals surface area contributed by atoms with E-state index in [0.29, 0.717) is 23.7 Å². The van der Waals surface area contributed by atoms with E-state index in [1.54, 1.807) is 25.3 Å². The van der Waals surface area contributed by atoms with Gasteiger partial charge < -0.3 is 13.9 Å². The van der Waals surface area contributed by atoms with Gasteiger partial charge in [0.25, 0.3) is 0 Å². The number of carbonyl (C=O) groups excluding carboxylic acids is 1. The maximum Gasteiger partial charge on any atom is 0.307 e. The summed E-state index contributed by atoms with van der Waals surface area (Å²) in [5.41, 5.74) is 3.88. The summed E-state index contributed by atoms with van der Waals surface area (Å²) >= 11 is 0. The molecule has 0 radical (unpaired) electrons. The van der Waals surface area contributed by atoms with Gasteiger partial charge in [0.2, 0.25) is 0 Å². The molecule has 0 bridgehead atoms. The fraction of sp³-hybridized carbons (Fsp3) is 0.158. The molecule has 0 aliphatic heterocycles. The summed E-state index contributed by atoms with van der Waals surface area (Å²) in [5, 5.41) is 4.83. The largest absolute Gasteiger partial charge is 0.493 e. The van der Waals surface area contributed by atoms with Crippen molar-refractivity contribution in [1.82, 2.24) is 5.43 Å². The molecule has 0 aliphatic carbocycles. The number of amides is 1. The van der Waals surface area contributed by atoms with Crippen molar-refractivity contribution in [3.05, 3.63) is 59.9 Å². The van der Waals surface area contributed by atoms with Crippen LogP contribution in [0.3, 0.4) is 0 Å². The number of carbonyl (C=O) groups is 1. The fourth-order valence-corrected chi connectivity index (χ4v) is 2.35. The predicted octanol–water partition coefficient (Wildman–Crippen LogP) is 3.60. The predicted molar refractivity (Wildman–Crippen MR) is 95.4 cm³/mol. The summed E-state index contributed by atoms with van der Waals surface area (Å²) in [4.78, 5) is 12.1. The molecule has 0 spiro atoms. The van der Waals surface area contributed by atoms with Crippen molar-refractivity contribution in [2.45, 2.75) is 6.92 Å². The molecule has 0 aliphatic rings. The maximum absolute atomic E-state index is 12.1. The highest BCUT2D eigenvalue weighted by molar-refractivity contribution is 5.96. The Labute approximate surface area is 145 Å². The van der Waals surface area contributed by atoms with Crippen LogP contribution in [-0.2, 0) is 0 Å². The van der Waals surface area contributed by atoms with Gasteiger partial charge in [-0.1, -0.05) is 18.2 Å². The Balaban J connectivity index is 1.69. The van der Waals surface area contributed by atoms with Gasteiger partial charge in [0.05, 0.1) is 19.9 Å². The lowest BCUT2D eigenvalue weighted by atomic mass is 10.2. The first kappa shape index (κ1) is 16.6. The van der Waals surface area contributed by atoms with E-state index in [1.165, 1.54) is 6.21 Å². The van der Waals surface area contributed by atoms with Crippen LogP contribution in [0.25, 0.3) is 11.0 Å². The van der Waals surface area contributed by atoms with E-state index in [-0.39, 0.29) is 5.76 Å². The lowest BCUT2D eigenvalue weighted by Crippen LogP contribution is -2.16. The van der Waals surface area contributed by atoms with Crippen LogP contribution >= 0.6 is 0 Å². The number of methoxy groups -OCH3 is 1. The van der Waals surface area contributed by atoms with Crippen LogP contribution in [-0.4, -0.2) is 25.8 Å². The van der Waals surface area contributed by atoms with Gasteiger partial charge in [-0.2, -0.15) is 5.10 Å². The van der Waals surface area contributed by atoms with E-state index in [1.807, 2.05) is 37.3 Å². The lowest BCUT2D eigenvalue weighted by Gasteiger charge is -2.09. The summed E-state index contributed by atoms with van der Waals surface area (Å²) in [5.74, 6) is 1.07. The van der Waals surface area contributed by atoms with Crippen LogP contribution in [0, 0.1) is 0 Å². The van der Waals surface area contributed by atoms with Crippen LogP contribution in [0.1, 0.15) is 23.0 Å². The molecule has 1 N–H and O–H groups in total. The number of hydrogen-bond acceptors (Lipinski definition) is 5. The summed E-state index contributed by atoms with van der Waals surface area (Å²) < 4.78 is 16.2. The molecular formula is C19H18N2O4. The van der Waals surface area contributed by atoms with E-state index in [2.05, 4.69) is 10.5 Å². The number of hydrogen-bond donors (Lipinski definition) is 1. The topological polar surface area (TPSA) is 73.1 Å². The molecule has 1 amide bonds. The number of furan rings is 1. The first-order chi connectivity index (χ1) is 12.2. The third-order valence-electron chi connectivity index (χ3n) is 3.52. The van der Waals surface area contributed by atoms with Gasteiger partial charge >= 0.3 is 5.91 Å². The molecule has 1 heterocycles. The Morgan fingerprint density at radius 3 is 2.80 bits per heavy atom. The number of benzene rings is 2. The summed E-state index contributed by atoms with van der Waals surface area (Å²) in [6.45, 7) is 2.46. The van der Waals surface area contributed by atoms with Gasteiger partial charge in [-0.15, -0.1) is 0 Å². The van der Waals surface area contributed by atoms with Crippen molar-refractivity contribution >= 4 is 23.1 Å². The van der Waals surface area contributed by atoms with Crippen molar-refractivity contribution in [3.63, 3.8) is 0 Å². The molecule has 0 unspecified atom stereocenters. The Hall–Kier alpha value is -3.28. The van der Waals surface area contributed by atoms with Crippen LogP contribution in [0.15, 0.2) is 58.0 Å². The van der Waals surface area contributed by atoms with E-state index in [4.69, 9.17) is 13.9 Å². The van der Waals surface area contributed by atoms with E-state index in [9.17, 15) is 4.79 Å². The molecule has 3 aromatic rings. The van der Waals surface area contributed by atoms with Gasteiger partial charge in [0.15, 0.2) is 17.3 Å². The number of nitrogens with one attached hydrogen (secondary N) is 1. The van der Waals surface area contributed by atoms with Crippen molar-refractivity contribution in [2.24, 2.45) is 5.10 Å². The third-order valence-corrected chi connectivity index (χ3v) is 3.52. The second kappa shape index (κ2) is 7.53. The number of fused-ring (bicyclic) bond motifs is 1. The zero-order chi connectivity index (χ0) is 17.6. The third kappa shape index (κ3) is 3.80. The van der Waals surface area contributed by atoms with Crippen molar-refractivity contribution in [2.75, 3.05) is 13.7 Å².